The van der Waals surface area contributed by atoms with Gasteiger partial charge in [-0.15, -0.1) is 0 Å². The lowest BCUT2D eigenvalue weighted by atomic mass is 10.1. The van der Waals surface area contributed by atoms with E-state index in [0.717, 1.165) is 12.5 Å². The van der Waals surface area contributed by atoms with Crippen LogP contribution in [0.2, 0.25) is 5.15 Å². The number of carbonyl (C=O) groups is 1. The summed E-state index contributed by atoms with van der Waals surface area (Å²) >= 11 is 5.89. The molecule has 1 fully saturated rings. The summed E-state index contributed by atoms with van der Waals surface area (Å²) < 4.78 is 0. The third-order valence-electron chi connectivity index (χ3n) is 3.67. The highest BCUT2D eigenvalue weighted by Crippen LogP contribution is 2.29. The second kappa shape index (κ2) is 6.24. The number of hydrogen-bond donors (Lipinski definition) is 2. The maximum Gasteiger partial charge on any atom is 0.251 e. The standard InChI is InChI=1S/C14H20ClN3O/c1-9-3-4-10(5-9)8-17-14(19)11-6-12(15)18-13(7-11)16-2/h6-7,9-10H,3-5,8H2,1-2H3,(H,16,18)(H,17,19). The molecule has 1 aromatic rings. The normalized spacial score (nSPS) is 22.3. The van der Waals surface area contributed by atoms with Gasteiger partial charge in [-0.25, -0.2) is 4.98 Å². The predicted octanol–water partition coefficient (Wildman–Crippen LogP) is 2.94. The highest BCUT2D eigenvalue weighted by Gasteiger charge is 2.21. The third kappa shape index (κ3) is 3.83. The summed E-state index contributed by atoms with van der Waals surface area (Å²) in [6.45, 7) is 3.02. The van der Waals surface area contributed by atoms with Crippen molar-refractivity contribution in [2.45, 2.75) is 26.2 Å². The van der Waals surface area contributed by atoms with Gasteiger partial charge in [0.25, 0.3) is 5.91 Å². The number of nitrogens with one attached hydrogen (secondary N) is 2. The van der Waals surface area contributed by atoms with E-state index < -0.39 is 0 Å². The Morgan fingerprint density at radius 1 is 1.47 bits per heavy atom. The molecule has 2 unspecified atom stereocenters. The maximum atomic E-state index is 12.1. The number of anilines is 1. The van der Waals surface area contributed by atoms with Crippen LogP contribution in [0.5, 0.6) is 0 Å². The minimum atomic E-state index is -0.0830. The zero-order valence-electron chi connectivity index (χ0n) is 11.4. The van der Waals surface area contributed by atoms with Crippen molar-refractivity contribution in [2.75, 3.05) is 18.9 Å². The van der Waals surface area contributed by atoms with Gasteiger partial charge in [0, 0.05) is 19.2 Å². The van der Waals surface area contributed by atoms with Gasteiger partial charge in [-0.2, -0.15) is 0 Å². The monoisotopic (exact) mass is 281 g/mol. The molecule has 2 atom stereocenters. The average Bonchev–Trinajstić information content (AvgIpc) is 2.81. The summed E-state index contributed by atoms with van der Waals surface area (Å²) in [5, 5.41) is 6.20. The second-order valence-electron chi connectivity index (χ2n) is 5.31. The fourth-order valence-corrected chi connectivity index (χ4v) is 2.81. The number of halogens is 1. The Morgan fingerprint density at radius 2 is 2.26 bits per heavy atom. The van der Waals surface area contributed by atoms with E-state index in [4.69, 9.17) is 11.6 Å². The molecule has 1 saturated carbocycles. The van der Waals surface area contributed by atoms with Crippen molar-refractivity contribution in [3.63, 3.8) is 0 Å². The van der Waals surface area contributed by atoms with Gasteiger partial charge in [0.1, 0.15) is 11.0 Å². The van der Waals surface area contributed by atoms with Crippen molar-refractivity contribution in [3.05, 3.63) is 22.8 Å². The Labute approximate surface area is 118 Å². The van der Waals surface area contributed by atoms with Gasteiger partial charge >= 0.3 is 0 Å². The molecular formula is C14H20ClN3O. The fraction of sp³-hybridized carbons (Fsp3) is 0.571. The van der Waals surface area contributed by atoms with E-state index >= 15 is 0 Å². The molecule has 104 valence electrons. The summed E-state index contributed by atoms with van der Waals surface area (Å²) in [7, 11) is 1.75. The van der Waals surface area contributed by atoms with Crippen molar-refractivity contribution in [1.82, 2.24) is 10.3 Å². The first-order valence-corrected chi connectivity index (χ1v) is 7.10. The van der Waals surface area contributed by atoms with Gasteiger partial charge < -0.3 is 10.6 Å². The Balaban J connectivity index is 1.94. The van der Waals surface area contributed by atoms with Crippen molar-refractivity contribution < 1.29 is 4.79 Å². The fourth-order valence-electron chi connectivity index (χ4n) is 2.61. The van der Waals surface area contributed by atoms with Crippen LogP contribution in [0.3, 0.4) is 0 Å². The van der Waals surface area contributed by atoms with Gasteiger partial charge in [0.2, 0.25) is 0 Å². The van der Waals surface area contributed by atoms with E-state index in [2.05, 4.69) is 22.5 Å². The summed E-state index contributed by atoms with van der Waals surface area (Å²) in [4.78, 5) is 16.1. The van der Waals surface area contributed by atoms with E-state index in [-0.39, 0.29) is 5.91 Å². The lowest BCUT2D eigenvalue weighted by Gasteiger charge is -2.11. The van der Waals surface area contributed by atoms with Crippen molar-refractivity contribution in [1.29, 1.82) is 0 Å². The van der Waals surface area contributed by atoms with Gasteiger partial charge in [-0.05, 0) is 36.8 Å². The number of carbonyl (C=O) groups excluding carboxylic acids is 1. The maximum absolute atomic E-state index is 12.1. The van der Waals surface area contributed by atoms with Crippen molar-refractivity contribution in [3.8, 4) is 0 Å². The highest BCUT2D eigenvalue weighted by molar-refractivity contribution is 6.29. The third-order valence-corrected chi connectivity index (χ3v) is 3.86. The molecule has 0 saturated heterocycles. The molecular weight excluding hydrogens is 262 g/mol. The van der Waals surface area contributed by atoms with E-state index in [0.29, 0.717) is 22.5 Å². The number of hydrogen-bond acceptors (Lipinski definition) is 3. The van der Waals surface area contributed by atoms with Crippen LogP contribution in [0.25, 0.3) is 0 Å². The van der Waals surface area contributed by atoms with Crippen molar-refractivity contribution in [2.24, 2.45) is 11.8 Å². The van der Waals surface area contributed by atoms with Crippen LogP contribution in [0.15, 0.2) is 12.1 Å². The van der Waals surface area contributed by atoms with Crippen LogP contribution < -0.4 is 10.6 Å². The van der Waals surface area contributed by atoms with Crippen LogP contribution in [-0.2, 0) is 0 Å². The first-order valence-electron chi connectivity index (χ1n) is 6.72. The van der Waals surface area contributed by atoms with Crippen LogP contribution in [0, 0.1) is 11.8 Å². The quantitative estimate of drug-likeness (QED) is 0.835. The van der Waals surface area contributed by atoms with E-state index in [1.165, 1.54) is 19.3 Å². The Kier molecular flexibility index (Phi) is 4.64. The minimum absolute atomic E-state index is 0.0830. The first kappa shape index (κ1) is 14.1. The molecule has 1 heterocycles. The molecule has 4 nitrogen and oxygen atoms in total. The minimum Gasteiger partial charge on any atom is -0.373 e. The van der Waals surface area contributed by atoms with Crippen LogP contribution in [0.4, 0.5) is 5.82 Å². The second-order valence-corrected chi connectivity index (χ2v) is 5.70. The Hall–Kier alpha value is -1.29. The molecule has 19 heavy (non-hydrogen) atoms. The molecule has 2 rings (SSSR count). The Bertz CT molecular complexity index is 464. The van der Waals surface area contributed by atoms with Crippen LogP contribution in [-0.4, -0.2) is 24.5 Å². The van der Waals surface area contributed by atoms with E-state index in [1.807, 2.05) is 0 Å². The Morgan fingerprint density at radius 3 is 2.89 bits per heavy atom. The molecule has 1 amide bonds. The average molecular weight is 282 g/mol. The zero-order valence-corrected chi connectivity index (χ0v) is 12.1. The summed E-state index contributed by atoms with van der Waals surface area (Å²) in [6.07, 6.45) is 3.69. The van der Waals surface area contributed by atoms with E-state index in [1.54, 1.807) is 19.2 Å². The van der Waals surface area contributed by atoms with E-state index in [9.17, 15) is 4.79 Å². The summed E-state index contributed by atoms with van der Waals surface area (Å²) in [5.41, 5.74) is 0.551. The molecule has 0 bridgehead atoms. The zero-order chi connectivity index (χ0) is 13.8. The topological polar surface area (TPSA) is 54.0 Å². The number of nitrogens with zero attached hydrogens (tertiary/aromatic N) is 1. The highest BCUT2D eigenvalue weighted by atomic mass is 35.5. The summed E-state index contributed by atoms with van der Waals surface area (Å²) in [5.74, 6) is 1.92. The van der Waals surface area contributed by atoms with Gasteiger partial charge in [-0.3, -0.25) is 4.79 Å². The number of aromatic nitrogens is 1. The lowest BCUT2D eigenvalue weighted by Crippen LogP contribution is -2.28. The smallest absolute Gasteiger partial charge is 0.251 e. The van der Waals surface area contributed by atoms with Gasteiger partial charge in [-0.1, -0.05) is 24.9 Å². The molecule has 1 aliphatic carbocycles. The SMILES string of the molecule is CNc1cc(C(=O)NCC2CCC(C)C2)cc(Cl)n1. The number of rotatable bonds is 4. The predicted molar refractivity (Wildman–Crippen MR) is 77.6 cm³/mol. The van der Waals surface area contributed by atoms with Crippen LogP contribution in [0.1, 0.15) is 36.5 Å². The molecule has 0 spiro atoms. The van der Waals surface area contributed by atoms with Gasteiger partial charge in [0.15, 0.2) is 0 Å². The molecule has 0 aromatic carbocycles. The largest absolute Gasteiger partial charge is 0.373 e. The van der Waals surface area contributed by atoms with Gasteiger partial charge in [0.05, 0.1) is 0 Å². The first-order chi connectivity index (χ1) is 9.08. The molecule has 0 radical (unpaired) electrons. The number of pyridine rings is 1. The molecule has 2 N–H and O–H groups in total. The lowest BCUT2D eigenvalue weighted by molar-refractivity contribution is 0.0947. The summed E-state index contributed by atoms with van der Waals surface area (Å²) in [6, 6.07) is 3.30. The molecule has 1 aliphatic rings. The molecule has 0 aliphatic heterocycles. The molecule has 1 aromatic heterocycles. The van der Waals surface area contributed by atoms with Crippen molar-refractivity contribution >= 4 is 23.3 Å². The number of amides is 1. The molecule has 5 heteroatoms. The van der Waals surface area contributed by atoms with Crippen LogP contribution >= 0.6 is 11.6 Å².